The molecule has 3 atom stereocenters. The Labute approximate surface area is 291 Å². The number of carbonyl (C=O) groups is 3. The molecule has 3 N–H and O–H groups in total. The van der Waals surface area contributed by atoms with Crippen molar-refractivity contribution in [3.63, 3.8) is 0 Å². The second-order valence-corrected chi connectivity index (χ2v) is 16.4. The highest BCUT2D eigenvalue weighted by Crippen LogP contribution is 2.36. The van der Waals surface area contributed by atoms with Gasteiger partial charge in [-0.05, 0) is 71.5 Å². The van der Waals surface area contributed by atoms with Crippen LogP contribution >= 0.6 is 81.4 Å². The Balaban J connectivity index is 2.37. The summed E-state index contributed by atoms with van der Waals surface area (Å²) in [5, 5.41) is 8.25. The average molecular weight is 826 g/mol. The minimum absolute atomic E-state index is 0.0204. The summed E-state index contributed by atoms with van der Waals surface area (Å²) in [5.41, 5.74) is 0.762. The zero-order valence-corrected chi connectivity index (χ0v) is 30.9. The van der Waals surface area contributed by atoms with Crippen LogP contribution in [0.15, 0.2) is 34.5 Å². The van der Waals surface area contributed by atoms with Crippen LogP contribution in [0.4, 0.5) is 0 Å². The Morgan fingerprint density at radius 1 is 1.02 bits per heavy atom. The van der Waals surface area contributed by atoms with Crippen LogP contribution in [-0.4, -0.2) is 73.8 Å². The van der Waals surface area contributed by atoms with Crippen molar-refractivity contribution in [2.24, 2.45) is 5.92 Å². The highest BCUT2D eigenvalue weighted by molar-refractivity contribution is 14.1. The maximum Gasteiger partial charge on any atom is 0.253 e. The molecule has 0 unspecified atom stereocenters. The quantitative estimate of drug-likeness (QED) is 0.0777. The summed E-state index contributed by atoms with van der Waals surface area (Å²) < 4.78 is 29.0. The van der Waals surface area contributed by atoms with Crippen LogP contribution in [0.5, 0.6) is 0 Å². The molecule has 43 heavy (non-hydrogen) atoms. The molecule has 0 saturated heterocycles. The van der Waals surface area contributed by atoms with Gasteiger partial charge in [0.25, 0.3) is 10.0 Å². The predicted octanol–water partition coefficient (Wildman–Crippen LogP) is 4.97. The van der Waals surface area contributed by atoms with Crippen molar-refractivity contribution in [3.8, 4) is 0 Å². The number of hydrogen-bond donors (Lipinski definition) is 4. The molecular formula is C27H36Cl3IN4O5S3. The molecule has 9 nitrogen and oxygen atoms in total. The number of rotatable bonds is 17. The first-order chi connectivity index (χ1) is 20.2. The van der Waals surface area contributed by atoms with Gasteiger partial charge in [-0.1, -0.05) is 49.2 Å². The van der Waals surface area contributed by atoms with Gasteiger partial charge in [0.15, 0.2) is 0 Å². The van der Waals surface area contributed by atoms with E-state index in [0.717, 1.165) is 24.8 Å². The number of sulfonamides is 1. The number of thiol groups is 1. The first kappa shape index (κ1) is 38.4. The molecule has 1 heterocycles. The van der Waals surface area contributed by atoms with Gasteiger partial charge in [0.1, 0.15) is 26.7 Å². The fourth-order valence-corrected chi connectivity index (χ4v) is 8.10. The molecule has 0 saturated carbocycles. The molecule has 1 aromatic heterocycles. The maximum absolute atomic E-state index is 13.8. The molecule has 0 bridgehead atoms. The first-order valence-electron chi connectivity index (χ1n) is 13.4. The third-order valence-electron chi connectivity index (χ3n) is 6.43. The normalized spacial score (nSPS) is 13.9. The third kappa shape index (κ3) is 11.8. The van der Waals surface area contributed by atoms with E-state index in [4.69, 9.17) is 34.8 Å². The summed E-state index contributed by atoms with van der Waals surface area (Å²) in [6.45, 7) is 4.26. The average Bonchev–Trinajstić information content (AvgIpc) is 3.30. The predicted molar refractivity (Wildman–Crippen MR) is 186 cm³/mol. The van der Waals surface area contributed by atoms with E-state index in [-0.39, 0.29) is 38.1 Å². The third-order valence-corrected chi connectivity index (χ3v) is 12.0. The van der Waals surface area contributed by atoms with Gasteiger partial charge in [0, 0.05) is 35.2 Å². The summed E-state index contributed by atoms with van der Waals surface area (Å²) in [7, 11) is -2.83. The van der Waals surface area contributed by atoms with E-state index in [9.17, 15) is 22.8 Å². The first-order valence-corrected chi connectivity index (χ1v) is 18.7. The van der Waals surface area contributed by atoms with E-state index < -0.39 is 45.9 Å². The van der Waals surface area contributed by atoms with E-state index in [0.29, 0.717) is 25.3 Å². The molecule has 0 spiro atoms. The number of benzene rings is 1. The Kier molecular flexibility index (Phi) is 16.4. The highest BCUT2D eigenvalue weighted by Gasteiger charge is 2.36. The van der Waals surface area contributed by atoms with Crippen LogP contribution in [0, 0.1) is 9.49 Å². The Morgan fingerprint density at radius 3 is 2.19 bits per heavy atom. The molecule has 3 amide bonds. The lowest BCUT2D eigenvalue weighted by Gasteiger charge is -2.29. The van der Waals surface area contributed by atoms with E-state index in [2.05, 4.69) is 51.2 Å². The van der Waals surface area contributed by atoms with Crippen LogP contribution in [0.1, 0.15) is 38.7 Å². The van der Waals surface area contributed by atoms with Gasteiger partial charge in [0.05, 0.1) is 5.02 Å². The summed E-state index contributed by atoms with van der Waals surface area (Å²) in [4.78, 5) is 40.0. The molecule has 16 heteroatoms. The standard InChI is InChI=1S/C27H36Cl3IN4O5S3/c1-16(2)5-10-22(35(3)43(39,40)23-14-19(29)24(30)42-23)27(38)33-20(13-17-6-8-18(31)9-7-17)26(37)34-21(15-41)25(36)32-12-4-11-28/h6-9,14,16,20-22,41H,4-5,10-13,15H2,1-3H3,(H,32,36)(H,33,38)(H,34,37)/t20-,21-,22-/m0/s1. The maximum atomic E-state index is 13.8. The van der Waals surface area contributed by atoms with Crippen LogP contribution < -0.4 is 16.0 Å². The second kappa shape index (κ2) is 18.4. The van der Waals surface area contributed by atoms with Crippen LogP contribution in [0.3, 0.4) is 0 Å². The van der Waals surface area contributed by atoms with Gasteiger partial charge in [-0.15, -0.1) is 22.9 Å². The van der Waals surface area contributed by atoms with Gasteiger partial charge in [-0.3, -0.25) is 14.4 Å². The fraction of sp³-hybridized carbons (Fsp3) is 0.519. The molecule has 0 aliphatic rings. The van der Waals surface area contributed by atoms with Crippen LogP contribution in [0.2, 0.25) is 9.36 Å². The number of nitrogens with zero attached hydrogens (tertiary/aromatic N) is 1. The summed E-state index contributed by atoms with van der Waals surface area (Å²) in [5.74, 6) is -1.12. The number of thiophene rings is 1. The Morgan fingerprint density at radius 2 is 1.65 bits per heavy atom. The summed E-state index contributed by atoms with van der Waals surface area (Å²) >= 11 is 24.9. The van der Waals surface area contributed by atoms with Crippen LogP contribution in [0.25, 0.3) is 0 Å². The van der Waals surface area contributed by atoms with Gasteiger partial charge >= 0.3 is 0 Å². The molecule has 1 aromatic carbocycles. The van der Waals surface area contributed by atoms with Gasteiger partial charge in [-0.2, -0.15) is 16.9 Å². The van der Waals surface area contributed by atoms with Crippen molar-refractivity contribution in [2.45, 2.75) is 61.9 Å². The van der Waals surface area contributed by atoms with Crippen molar-refractivity contribution >= 4 is 109 Å². The van der Waals surface area contributed by atoms with Crippen molar-refractivity contribution in [3.05, 3.63) is 48.8 Å². The number of halogens is 4. The van der Waals surface area contributed by atoms with Gasteiger partial charge in [0.2, 0.25) is 17.7 Å². The molecule has 2 aromatic rings. The minimum atomic E-state index is -4.15. The topological polar surface area (TPSA) is 125 Å². The zero-order valence-electron chi connectivity index (χ0n) is 23.9. The van der Waals surface area contributed by atoms with Crippen molar-refractivity contribution < 1.29 is 22.8 Å². The molecule has 0 aliphatic carbocycles. The van der Waals surface area contributed by atoms with Crippen molar-refractivity contribution in [1.82, 2.24) is 20.3 Å². The summed E-state index contributed by atoms with van der Waals surface area (Å²) in [6.07, 6.45) is 1.41. The summed E-state index contributed by atoms with van der Waals surface area (Å²) in [6, 6.07) is 5.44. The molecule has 0 aliphatic heterocycles. The second-order valence-electron chi connectivity index (χ2n) is 10.2. The molecule has 2 rings (SSSR count). The molecule has 0 radical (unpaired) electrons. The fourth-order valence-electron chi connectivity index (χ4n) is 3.93. The number of hydrogen-bond acceptors (Lipinski definition) is 7. The minimum Gasteiger partial charge on any atom is -0.354 e. The van der Waals surface area contributed by atoms with Crippen LogP contribution in [-0.2, 0) is 30.8 Å². The smallest absolute Gasteiger partial charge is 0.253 e. The van der Waals surface area contributed by atoms with Crippen molar-refractivity contribution in [2.75, 3.05) is 25.2 Å². The monoisotopic (exact) mass is 824 g/mol. The van der Waals surface area contributed by atoms with E-state index in [1.807, 2.05) is 38.1 Å². The highest BCUT2D eigenvalue weighted by atomic mass is 127. The molecule has 0 fully saturated rings. The van der Waals surface area contributed by atoms with Gasteiger partial charge in [-0.25, -0.2) is 8.42 Å². The number of alkyl halides is 1. The lowest BCUT2D eigenvalue weighted by atomic mass is 10.0. The Hall–Kier alpha value is -0.810. The molecular weight excluding hydrogens is 790 g/mol. The van der Waals surface area contributed by atoms with E-state index in [1.165, 1.54) is 13.1 Å². The van der Waals surface area contributed by atoms with Gasteiger partial charge < -0.3 is 16.0 Å². The van der Waals surface area contributed by atoms with E-state index >= 15 is 0 Å². The number of likely N-dealkylation sites (N-methyl/N-ethyl adjacent to an activating group) is 1. The largest absolute Gasteiger partial charge is 0.354 e. The lowest BCUT2D eigenvalue weighted by Crippen LogP contribution is -2.58. The zero-order chi connectivity index (χ0) is 32.3. The van der Waals surface area contributed by atoms with Crippen molar-refractivity contribution in [1.29, 1.82) is 0 Å². The number of carbonyl (C=O) groups excluding carboxylic acids is 3. The number of nitrogens with one attached hydrogen (secondary N) is 3. The SMILES string of the molecule is CC(C)CC[C@@H](C(=O)N[C@@H](Cc1ccc(I)cc1)C(=O)N[C@@H](CS)C(=O)NCCCCl)N(C)S(=O)(=O)c1cc(Cl)c(Cl)s1. The van der Waals surface area contributed by atoms with E-state index in [1.54, 1.807) is 0 Å². The Bertz CT molecular complexity index is 1330. The lowest BCUT2D eigenvalue weighted by molar-refractivity contribution is -0.132. The molecule has 240 valence electrons. The number of amides is 3.